The lowest BCUT2D eigenvalue weighted by atomic mass is 9.76. The summed E-state index contributed by atoms with van der Waals surface area (Å²) in [6.45, 7) is 4.00. The summed E-state index contributed by atoms with van der Waals surface area (Å²) >= 11 is 0. The average Bonchev–Trinajstić information content (AvgIpc) is 2.63. The number of anilines is 1. The van der Waals surface area contributed by atoms with Gasteiger partial charge in [0.1, 0.15) is 0 Å². The molecule has 2 N–H and O–H groups in total. The van der Waals surface area contributed by atoms with Crippen LogP contribution in [0.25, 0.3) is 0 Å². The van der Waals surface area contributed by atoms with Crippen LogP contribution in [0.3, 0.4) is 0 Å². The molecule has 0 bridgehead atoms. The van der Waals surface area contributed by atoms with Gasteiger partial charge >= 0.3 is 11.9 Å². The third-order valence-electron chi connectivity index (χ3n) is 3.40. The van der Waals surface area contributed by atoms with Crippen LogP contribution in [0.5, 0.6) is 0 Å². The van der Waals surface area contributed by atoms with Crippen LogP contribution < -0.4 is 4.90 Å². The number of carbonyl (C=O) groups is 3. The molecule has 1 heterocycles. The van der Waals surface area contributed by atoms with Crippen LogP contribution in [0.15, 0.2) is 24.3 Å². The number of aliphatic carboxylic acids is 2. The van der Waals surface area contributed by atoms with Gasteiger partial charge in [0.2, 0.25) is 5.91 Å². The van der Waals surface area contributed by atoms with E-state index < -0.39 is 36.1 Å². The molecule has 1 aromatic rings. The number of rotatable bonds is 4. The lowest BCUT2D eigenvalue weighted by molar-refractivity contribution is -0.145. The predicted molar refractivity (Wildman–Crippen MR) is 77.4 cm³/mol. The molecule has 21 heavy (non-hydrogen) atoms. The van der Waals surface area contributed by atoms with Crippen molar-refractivity contribution in [2.24, 2.45) is 0 Å². The second kappa shape index (κ2) is 6.39. The Morgan fingerprint density at radius 2 is 1.57 bits per heavy atom. The van der Waals surface area contributed by atoms with Crippen molar-refractivity contribution in [1.82, 2.24) is 0 Å². The molecule has 0 radical (unpaired) electrons. The van der Waals surface area contributed by atoms with Crippen molar-refractivity contribution in [3.8, 4) is 0 Å². The summed E-state index contributed by atoms with van der Waals surface area (Å²) in [5.41, 5.74) is -0.481. The normalized spacial score (nSPS) is 15.0. The van der Waals surface area contributed by atoms with Crippen molar-refractivity contribution in [1.29, 1.82) is 0 Å². The summed E-state index contributed by atoms with van der Waals surface area (Å²) in [6.07, 6.45) is -1.06. The summed E-state index contributed by atoms with van der Waals surface area (Å²) in [5.74, 6) is -2.88. The Morgan fingerprint density at radius 3 is 2.05 bits per heavy atom. The number of nitrogens with zero attached hydrogens (tertiary/aromatic N) is 1. The number of benzene rings is 1. The maximum Gasteiger partial charge on any atom is 0.304 e. The molecule has 1 amide bonds. The van der Waals surface area contributed by atoms with E-state index in [0.717, 1.165) is 0 Å². The molecule has 1 aliphatic heterocycles. The molecule has 0 aromatic heterocycles. The zero-order valence-corrected chi connectivity index (χ0v) is 12.3. The highest BCUT2D eigenvalue weighted by atomic mass is 16.4. The van der Waals surface area contributed by atoms with Gasteiger partial charge in [0.15, 0.2) is 0 Å². The van der Waals surface area contributed by atoms with E-state index in [1.165, 1.54) is 11.9 Å². The highest BCUT2D eigenvalue weighted by Crippen LogP contribution is 2.45. The van der Waals surface area contributed by atoms with Crippen LogP contribution in [-0.4, -0.2) is 35.1 Å². The Balaban J connectivity index is 0.00000106. The van der Waals surface area contributed by atoms with Crippen LogP contribution in [0.2, 0.25) is 0 Å². The fourth-order valence-electron chi connectivity index (χ4n) is 2.64. The first-order valence-corrected chi connectivity index (χ1v) is 6.70. The van der Waals surface area contributed by atoms with Crippen LogP contribution in [0.1, 0.15) is 32.3 Å². The van der Waals surface area contributed by atoms with Crippen molar-refractivity contribution >= 4 is 23.5 Å². The Hall–Kier alpha value is -2.37. The van der Waals surface area contributed by atoms with E-state index in [2.05, 4.69) is 0 Å². The Bertz CT molecular complexity index is 551. The molecule has 6 heteroatoms. The van der Waals surface area contributed by atoms with Crippen LogP contribution in [0, 0.1) is 0 Å². The van der Waals surface area contributed by atoms with Gasteiger partial charge in [-0.15, -0.1) is 0 Å². The van der Waals surface area contributed by atoms with Gasteiger partial charge < -0.3 is 15.1 Å². The minimum atomic E-state index is -1.51. The molecule has 0 spiro atoms. The lowest BCUT2D eigenvalue weighted by Crippen LogP contribution is -2.42. The summed E-state index contributed by atoms with van der Waals surface area (Å²) in [5, 5.41) is 18.0. The maximum absolute atomic E-state index is 12.4. The van der Waals surface area contributed by atoms with E-state index in [-0.39, 0.29) is 0 Å². The molecule has 6 nitrogen and oxygen atoms in total. The number of para-hydroxylation sites is 1. The van der Waals surface area contributed by atoms with Gasteiger partial charge in [-0.05, 0) is 11.6 Å². The van der Waals surface area contributed by atoms with Gasteiger partial charge in [-0.25, -0.2) is 0 Å². The number of likely N-dealkylation sites (N-methyl/N-ethyl adjacent to an activating group) is 1. The molecular weight excluding hydrogens is 274 g/mol. The summed E-state index contributed by atoms with van der Waals surface area (Å²) in [6, 6.07) is 6.69. The second-order valence-electron chi connectivity index (χ2n) is 4.60. The summed E-state index contributed by atoms with van der Waals surface area (Å²) in [4.78, 5) is 35.8. The van der Waals surface area contributed by atoms with Gasteiger partial charge in [0.25, 0.3) is 0 Å². The molecule has 1 aliphatic rings. The first-order chi connectivity index (χ1) is 9.88. The molecule has 1 aromatic carbocycles. The average molecular weight is 293 g/mol. The van der Waals surface area contributed by atoms with Crippen molar-refractivity contribution in [2.45, 2.75) is 32.1 Å². The minimum Gasteiger partial charge on any atom is -0.481 e. The van der Waals surface area contributed by atoms with E-state index >= 15 is 0 Å². The first kappa shape index (κ1) is 16.7. The number of carbonyl (C=O) groups excluding carboxylic acids is 1. The molecule has 114 valence electrons. The molecule has 0 saturated heterocycles. The molecule has 0 saturated carbocycles. The van der Waals surface area contributed by atoms with Gasteiger partial charge in [0.05, 0.1) is 18.3 Å². The molecular formula is C15H19NO5. The fourth-order valence-corrected chi connectivity index (χ4v) is 2.64. The highest BCUT2D eigenvalue weighted by Gasteiger charge is 2.52. The van der Waals surface area contributed by atoms with Gasteiger partial charge in [-0.3, -0.25) is 14.4 Å². The first-order valence-electron chi connectivity index (χ1n) is 6.70. The lowest BCUT2D eigenvalue weighted by Gasteiger charge is -2.24. The van der Waals surface area contributed by atoms with E-state index in [1.807, 2.05) is 13.8 Å². The molecule has 0 atom stereocenters. The van der Waals surface area contributed by atoms with Crippen molar-refractivity contribution in [3.63, 3.8) is 0 Å². The third-order valence-corrected chi connectivity index (χ3v) is 3.40. The zero-order chi connectivity index (χ0) is 16.2. The molecule has 0 unspecified atom stereocenters. The predicted octanol–water partition coefficient (Wildman–Crippen LogP) is 1.88. The van der Waals surface area contributed by atoms with Crippen molar-refractivity contribution < 1.29 is 24.6 Å². The maximum atomic E-state index is 12.4. The zero-order valence-electron chi connectivity index (χ0n) is 12.3. The van der Waals surface area contributed by atoms with Crippen molar-refractivity contribution in [3.05, 3.63) is 29.8 Å². The quantitative estimate of drug-likeness (QED) is 0.883. The standard InChI is InChI=1S/C13H13NO5.C2H6/c1-14-9-5-3-2-4-8(9)13(12(14)19,6-10(15)16)7-11(17)18;1-2/h2-5H,6-7H2,1H3,(H,15,16)(H,17,18);1-2H3. The number of hydrogen-bond acceptors (Lipinski definition) is 3. The fraction of sp³-hybridized carbons (Fsp3) is 0.400. The Kier molecular flexibility index (Phi) is 5.07. The Morgan fingerprint density at radius 1 is 1.10 bits per heavy atom. The van der Waals surface area contributed by atoms with Crippen molar-refractivity contribution in [2.75, 3.05) is 11.9 Å². The molecule has 0 aliphatic carbocycles. The molecule has 0 fully saturated rings. The van der Waals surface area contributed by atoms with Gasteiger partial charge in [0, 0.05) is 12.7 Å². The SMILES string of the molecule is CC.CN1C(=O)C(CC(=O)O)(CC(=O)O)c2ccccc21. The van der Waals surface area contributed by atoms with Gasteiger partial charge in [-0.2, -0.15) is 0 Å². The number of fused-ring (bicyclic) bond motifs is 1. The largest absolute Gasteiger partial charge is 0.481 e. The molecule has 2 rings (SSSR count). The second-order valence-corrected chi connectivity index (χ2v) is 4.60. The van der Waals surface area contributed by atoms with Crippen LogP contribution >= 0.6 is 0 Å². The van der Waals surface area contributed by atoms with Crippen LogP contribution in [0.4, 0.5) is 5.69 Å². The smallest absolute Gasteiger partial charge is 0.304 e. The van der Waals surface area contributed by atoms with E-state index in [4.69, 9.17) is 10.2 Å². The topological polar surface area (TPSA) is 94.9 Å². The highest BCUT2D eigenvalue weighted by molar-refractivity contribution is 6.10. The number of carboxylic acids is 2. The summed E-state index contributed by atoms with van der Waals surface area (Å²) in [7, 11) is 1.52. The van der Waals surface area contributed by atoms with Gasteiger partial charge in [-0.1, -0.05) is 32.0 Å². The van der Waals surface area contributed by atoms with E-state index in [9.17, 15) is 14.4 Å². The number of hydrogen-bond donors (Lipinski definition) is 2. The van der Waals surface area contributed by atoms with E-state index in [1.54, 1.807) is 24.3 Å². The summed E-state index contributed by atoms with van der Waals surface area (Å²) < 4.78 is 0. The van der Waals surface area contributed by atoms with E-state index in [0.29, 0.717) is 11.3 Å². The third kappa shape index (κ3) is 2.89. The minimum absolute atomic E-state index is 0.465. The van der Waals surface area contributed by atoms with Crippen LogP contribution in [-0.2, 0) is 19.8 Å². The Labute approximate surface area is 123 Å². The number of amides is 1. The number of carboxylic acid groups (broad SMARTS) is 2. The monoisotopic (exact) mass is 293 g/mol.